The van der Waals surface area contributed by atoms with Gasteiger partial charge < -0.3 is 14.2 Å². The molecular weight excluding hydrogens is 216 g/mol. The fourth-order valence-corrected chi connectivity index (χ4v) is 2.60. The van der Waals surface area contributed by atoms with Crippen LogP contribution in [-0.4, -0.2) is 44.5 Å². The maximum Gasteiger partial charge on any atom is 0.0997 e. The molecule has 0 N–H and O–H groups in total. The van der Waals surface area contributed by atoms with Crippen molar-refractivity contribution >= 4 is 11.6 Å². The lowest BCUT2D eigenvalue weighted by Crippen LogP contribution is -2.51. The Bertz CT molecular complexity index is 194. The molecule has 15 heavy (non-hydrogen) atoms. The Balaban J connectivity index is 1.65. The van der Waals surface area contributed by atoms with Gasteiger partial charge in [0.15, 0.2) is 0 Å². The van der Waals surface area contributed by atoms with Crippen LogP contribution in [0.4, 0.5) is 0 Å². The highest BCUT2D eigenvalue weighted by Gasteiger charge is 2.41. The summed E-state index contributed by atoms with van der Waals surface area (Å²) in [5, 5.41) is 0.134. The molecule has 0 aromatic heterocycles. The van der Waals surface area contributed by atoms with Gasteiger partial charge in [-0.2, -0.15) is 0 Å². The van der Waals surface area contributed by atoms with E-state index in [2.05, 4.69) is 0 Å². The van der Waals surface area contributed by atoms with Crippen LogP contribution >= 0.6 is 11.6 Å². The molecule has 0 aromatic carbocycles. The topological polar surface area (TPSA) is 27.7 Å². The third-order valence-corrected chi connectivity index (χ3v) is 3.77. The van der Waals surface area contributed by atoms with Gasteiger partial charge in [0.1, 0.15) is 0 Å². The van der Waals surface area contributed by atoms with E-state index in [1.165, 1.54) is 0 Å². The third-order valence-electron chi connectivity index (χ3n) is 3.34. The maximum atomic E-state index is 6.01. The summed E-state index contributed by atoms with van der Waals surface area (Å²) in [5.41, 5.74) is 0. The molecule has 0 radical (unpaired) electrons. The first-order chi connectivity index (χ1) is 7.31. The van der Waals surface area contributed by atoms with Gasteiger partial charge in [-0.15, -0.1) is 11.6 Å². The Morgan fingerprint density at radius 3 is 2.67 bits per heavy atom. The molecule has 2 fully saturated rings. The molecule has 0 bridgehead atoms. The average Bonchev–Trinajstić information content (AvgIpc) is 2.26. The molecule has 2 rings (SSSR count). The highest BCUT2D eigenvalue weighted by molar-refractivity contribution is 6.21. The van der Waals surface area contributed by atoms with Crippen molar-refractivity contribution in [2.75, 3.05) is 26.9 Å². The first-order valence-electron chi connectivity index (χ1n) is 5.67. The van der Waals surface area contributed by atoms with Gasteiger partial charge in [-0.25, -0.2) is 0 Å². The van der Waals surface area contributed by atoms with Gasteiger partial charge in [0.05, 0.1) is 24.2 Å². The van der Waals surface area contributed by atoms with E-state index in [0.29, 0.717) is 5.92 Å². The molecule has 1 heterocycles. The van der Waals surface area contributed by atoms with E-state index < -0.39 is 0 Å². The number of hydrogen-bond acceptors (Lipinski definition) is 3. The second kappa shape index (κ2) is 5.48. The Kier molecular flexibility index (Phi) is 4.26. The van der Waals surface area contributed by atoms with E-state index in [1.807, 2.05) is 0 Å². The second-order valence-electron chi connectivity index (χ2n) is 4.38. The van der Waals surface area contributed by atoms with Crippen LogP contribution in [0.3, 0.4) is 0 Å². The highest BCUT2D eigenvalue weighted by Crippen LogP contribution is 2.32. The third kappa shape index (κ3) is 2.84. The summed E-state index contributed by atoms with van der Waals surface area (Å²) in [6.45, 7) is 2.59. The fraction of sp³-hybridized carbons (Fsp3) is 1.00. The number of alkyl halides is 1. The summed E-state index contributed by atoms with van der Waals surface area (Å²) in [4.78, 5) is 0. The summed E-state index contributed by atoms with van der Waals surface area (Å²) >= 11 is 6.01. The van der Waals surface area contributed by atoms with Gasteiger partial charge in [-0.3, -0.25) is 0 Å². The predicted molar refractivity (Wildman–Crippen MR) is 58.3 cm³/mol. The molecule has 2 aliphatic rings. The lowest BCUT2D eigenvalue weighted by Gasteiger charge is -2.40. The number of methoxy groups -OCH3 is 1. The SMILES string of the molecule is COC1C(Cl)CC1OCC1CCOCC1. The summed E-state index contributed by atoms with van der Waals surface area (Å²) < 4.78 is 16.4. The van der Waals surface area contributed by atoms with Crippen LogP contribution in [0.25, 0.3) is 0 Å². The minimum atomic E-state index is 0.0894. The molecule has 3 unspecified atom stereocenters. The van der Waals surface area contributed by atoms with E-state index in [0.717, 1.165) is 39.1 Å². The largest absolute Gasteiger partial charge is 0.381 e. The molecule has 0 spiro atoms. The van der Waals surface area contributed by atoms with Crippen LogP contribution in [0.5, 0.6) is 0 Å². The van der Waals surface area contributed by atoms with Crippen molar-refractivity contribution < 1.29 is 14.2 Å². The van der Waals surface area contributed by atoms with Crippen molar-refractivity contribution in [2.24, 2.45) is 5.92 Å². The molecule has 0 aromatic rings. The van der Waals surface area contributed by atoms with Crippen molar-refractivity contribution in [1.29, 1.82) is 0 Å². The number of hydrogen-bond donors (Lipinski definition) is 0. The first kappa shape index (κ1) is 11.6. The van der Waals surface area contributed by atoms with Crippen molar-refractivity contribution in [3.05, 3.63) is 0 Å². The zero-order valence-electron chi connectivity index (χ0n) is 9.15. The second-order valence-corrected chi connectivity index (χ2v) is 4.94. The smallest absolute Gasteiger partial charge is 0.0997 e. The van der Waals surface area contributed by atoms with Gasteiger partial charge in [0, 0.05) is 20.3 Å². The Morgan fingerprint density at radius 2 is 2.07 bits per heavy atom. The maximum absolute atomic E-state index is 6.01. The fourth-order valence-electron chi connectivity index (χ4n) is 2.16. The molecular formula is C11H19ClO3. The molecule has 88 valence electrons. The van der Waals surface area contributed by atoms with Crippen LogP contribution < -0.4 is 0 Å². The number of halogens is 1. The monoisotopic (exact) mass is 234 g/mol. The number of ether oxygens (including phenoxy) is 3. The summed E-state index contributed by atoms with van der Waals surface area (Å²) in [7, 11) is 1.70. The zero-order chi connectivity index (χ0) is 10.7. The summed E-state index contributed by atoms with van der Waals surface area (Å²) in [6, 6.07) is 0. The minimum Gasteiger partial charge on any atom is -0.381 e. The first-order valence-corrected chi connectivity index (χ1v) is 6.11. The molecule has 1 aliphatic carbocycles. The summed E-state index contributed by atoms with van der Waals surface area (Å²) in [5.74, 6) is 0.658. The van der Waals surface area contributed by atoms with Gasteiger partial charge in [0.2, 0.25) is 0 Å². The van der Waals surface area contributed by atoms with Crippen molar-refractivity contribution in [3.63, 3.8) is 0 Å². The standard InChI is InChI=1S/C11H19ClO3/c1-13-11-9(12)6-10(11)15-7-8-2-4-14-5-3-8/h8-11H,2-7H2,1H3. The van der Waals surface area contributed by atoms with Gasteiger partial charge in [-0.05, 0) is 25.2 Å². The van der Waals surface area contributed by atoms with Gasteiger partial charge >= 0.3 is 0 Å². The van der Waals surface area contributed by atoms with Crippen molar-refractivity contribution in [1.82, 2.24) is 0 Å². The molecule has 4 heteroatoms. The Labute approximate surface area is 96.0 Å². The lowest BCUT2D eigenvalue weighted by atomic mass is 9.90. The average molecular weight is 235 g/mol. The molecule has 1 saturated carbocycles. The molecule has 3 atom stereocenters. The Morgan fingerprint density at radius 1 is 1.33 bits per heavy atom. The molecule has 1 aliphatic heterocycles. The van der Waals surface area contributed by atoms with Crippen LogP contribution in [0, 0.1) is 5.92 Å². The molecule has 1 saturated heterocycles. The zero-order valence-corrected chi connectivity index (χ0v) is 9.91. The van der Waals surface area contributed by atoms with Gasteiger partial charge in [-0.1, -0.05) is 0 Å². The van der Waals surface area contributed by atoms with Crippen LogP contribution in [0.1, 0.15) is 19.3 Å². The quantitative estimate of drug-likeness (QED) is 0.695. The van der Waals surface area contributed by atoms with E-state index in [1.54, 1.807) is 7.11 Å². The van der Waals surface area contributed by atoms with Crippen LogP contribution in [-0.2, 0) is 14.2 Å². The van der Waals surface area contributed by atoms with Crippen molar-refractivity contribution in [3.8, 4) is 0 Å². The highest BCUT2D eigenvalue weighted by atomic mass is 35.5. The van der Waals surface area contributed by atoms with E-state index in [-0.39, 0.29) is 17.6 Å². The van der Waals surface area contributed by atoms with E-state index in [4.69, 9.17) is 25.8 Å². The minimum absolute atomic E-state index is 0.0894. The van der Waals surface area contributed by atoms with E-state index in [9.17, 15) is 0 Å². The van der Waals surface area contributed by atoms with Crippen molar-refractivity contribution in [2.45, 2.75) is 36.8 Å². The predicted octanol–water partition coefficient (Wildman–Crippen LogP) is 1.82. The normalized spacial score (nSPS) is 37.6. The number of rotatable bonds is 4. The Hall–Kier alpha value is 0.170. The lowest BCUT2D eigenvalue weighted by molar-refractivity contribution is -0.122. The van der Waals surface area contributed by atoms with Crippen LogP contribution in [0.2, 0.25) is 0 Å². The molecule has 0 amide bonds. The van der Waals surface area contributed by atoms with E-state index >= 15 is 0 Å². The van der Waals surface area contributed by atoms with Gasteiger partial charge in [0.25, 0.3) is 0 Å². The molecule has 3 nitrogen and oxygen atoms in total. The van der Waals surface area contributed by atoms with Crippen LogP contribution in [0.15, 0.2) is 0 Å². The summed E-state index contributed by atoms with van der Waals surface area (Å²) in [6.07, 6.45) is 3.46.